The van der Waals surface area contributed by atoms with Crippen LogP contribution in [0.5, 0.6) is 5.75 Å². The summed E-state index contributed by atoms with van der Waals surface area (Å²) in [6.45, 7) is 3.04. The highest BCUT2D eigenvalue weighted by atomic mass is 35.5. The molecule has 2 aromatic carbocycles. The molecule has 0 bridgehead atoms. The van der Waals surface area contributed by atoms with Gasteiger partial charge in [-0.15, -0.1) is 0 Å². The maximum Gasteiger partial charge on any atom is 0.297 e. The molecule has 6 heteroatoms. The van der Waals surface area contributed by atoms with Crippen LogP contribution in [0.2, 0.25) is 5.02 Å². The van der Waals surface area contributed by atoms with Crippen LogP contribution in [0.3, 0.4) is 0 Å². The number of ether oxygens (including phenoxy) is 1. The van der Waals surface area contributed by atoms with Crippen molar-refractivity contribution in [3.8, 4) is 11.4 Å². The van der Waals surface area contributed by atoms with E-state index in [1.54, 1.807) is 17.0 Å². The second kappa shape index (κ2) is 8.54. The van der Waals surface area contributed by atoms with Gasteiger partial charge in [0, 0.05) is 24.0 Å². The smallest absolute Gasteiger partial charge is 0.297 e. The first kappa shape index (κ1) is 18.0. The van der Waals surface area contributed by atoms with Crippen LogP contribution in [0.1, 0.15) is 12.5 Å². The number of nitrogens with one attached hydrogen (secondary N) is 1. The van der Waals surface area contributed by atoms with Gasteiger partial charge in [-0.05, 0) is 43.2 Å². The van der Waals surface area contributed by atoms with Crippen molar-refractivity contribution in [3.63, 3.8) is 0 Å². The first-order chi connectivity index (χ1) is 12.7. The third-order valence-electron chi connectivity index (χ3n) is 3.88. The van der Waals surface area contributed by atoms with Crippen molar-refractivity contribution < 1.29 is 4.74 Å². The van der Waals surface area contributed by atoms with Crippen molar-refractivity contribution in [2.45, 2.75) is 13.3 Å². The van der Waals surface area contributed by atoms with Crippen LogP contribution in [0.25, 0.3) is 5.69 Å². The fourth-order valence-corrected chi connectivity index (χ4v) is 2.76. The molecule has 0 aliphatic carbocycles. The Hall–Kier alpha value is -2.79. The number of anilines is 1. The lowest BCUT2D eigenvalue weighted by molar-refractivity contribution is 0.339. The van der Waals surface area contributed by atoms with E-state index in [9.17, 15) is 4.79 Å². The summed E-state index contributed by atoms with van der Waals surface area (Å²) in [7, 11) is 0. The zero-order valence-corrected chi connectivity index (χ0v) is 15.2. The van der Waals surface area contributed by atoms with Crippen molar-refractivity contribution in [2.24, 2.45) is 0 Å². The molecule has 0 aliphatic rings. The zero-order valence-electron chi connectivity index (χ0n) is 14.5. The van der Waals surface area contributed by atoms with Crippen molar-refractivity contribution in [2.75, 3.05) is 18.5 Å². The summed E-state index contributed by atoms with van der Waals surface area (Å²) < 4.78 is 7.17. The normalized spacial score (nSPS) is 10.5. The van der Waals surface area contributed by atoms with Crippen LogP contribution < -0.4 is 15.6 Å². The monoisotopic (exact) mass is 369 g/mol. The minimum Gasteiger partial charge on any atom is -0.492 e. The topological polar surface area (TPSA) is 56.1 Å². The van der Waals surface area contributed by atoms with Gasteiger partial charge in [-0.25, -0.2) is 4.98 Å². The van der Waals surface area contributed by atoms with Gasteiger partial charge < -0.3 is 10.1 Å². The summed E-state index contributed by atoms with van der Waals surface area (Å²) in [6.07, 6.45) is 4.02. The number of halogens is 1. The van der Waals surface area contributed by atoms with E-state index in [4.69, 9.17) is 16.3 Å². The number of rotatable bonds is 7. The summed E-state index contributed by atoms with van der Waals surface area (Å²) in [5.41, 5.74) is 1.62. The molecule has 134 valence electrons. The van der Waals surface area contributed by atoms with E-state index in [-0.39, 0.29) is 5.56 Å². The molecule has 0 unspecified atom stereocenters. The summed E-state index contributed by atoms with van der Waals surface area (Å²) in [6, 6.07) is 15.1. The zero-order chi connectivity index (χ0) is 18.4. The van der Waals surface area contributed by atoms with Gasteiger partial charge in [0.05, 0.1) is 12.3 Å². The highest BCUT2D eigenvalue weighted by Gasteiger charge is 2.10. The van der Waals surface area contributed by atoms with Crippen molar-refractivity contribution in [3.05, 3.63) is 81.9 Å². The van der Waals surface area contributed by atoms with Crippen molar-refractivity contribution in [1.82, 2.24) is 9.55 Å². The first-order valence-corrected chi connectivity index (χ1v) is 8.85. The SMILES string of the molecule is CCOc1ccccc1-n1ccnc(NCCc2ccc(Cl)cc2)c1=O. The van der Waals surface area contributed by atoms with Gasteiger partial charge in [0.1, 0.15) is 5.75 Å². The molecule has 0 atom stereocenters. The number of nitrogens with zero attached hydrogens (tertiary/aromatic N) is 2. The molecule has 1 aromatic heterocycles. The summed E-state index contributed by atoms with van der Waals surface area (Å²) in [5, 5.41) is 3.83. The average Bonchev–Trinajstić information content (AvgIpc) is 2.66. The van der Waals surface area contributed by atoms with Crippen LogP contribution in [0.4, 0.5) is 5.82 Å². The number of aromatic nitrogens is 2. The van der Waals surface area contributed by atoms with E-state index in [0.29, 0.717) is 35.4 Å². The van der Waals surface area contributed by atoms with Gasteiger partial charge in [0.2, 0.25) is 0 Å². The minimum absolute atomic E-state index is 0.212. The van der Waals surface area contributed by atoms with Crippen LogP contribution in [-0.2, 0) is 6.42 Å². The van der Waals surface area contributed by atoms with Crippen LogP contribution in [0.15, 0.2) is 65.7 Å². The Kier molecular flexibility index (Phi) is 5.92. The predicted molar refractivity (Wildman–Crippen MR) is 105 cm³/mol. The highest BCUT2D eigenvalue weighted by Crippen LogP contribution is 2.21. The van der Waals surface area contributed by atoms with Gasteiger partial charge in [-0.2, -0.15) is 0 Å². The molecular weight excluding hydrogens is 350 g/mol. The maximum absolute atomic E-state index is 12.8. The quantitative estimate of drug-likeness (QED) is 0.685. The molecule has 0 spiro atoms. The molecule has 0 fully saturated rings. The van der Waals surface area contributed by atoms with Crippen molar-refractivity contribution >= 4 is 17.4 Å². The minimum atomic E-state index is -0.212. The molecule has 0 amide bonds. The molecule has 1 N–H and O–H groups in total. The van der Waals surface area contributed by atoms with Gasteiger partial charge in [-0.1, -0.05) is 35.9 Å². The number of hydrogen-bond acceptors (Lipinski definition) is 4. The Bertz CT molecular complexity index is 923. The van der Waals surface area contributed by atoms with E-state index in [0.717, 1.165) is 12.0 Å². The van der Waals surface area contributed by atoms with E-state index in [2.05, 4.69) is 10.3 Å². The molecule has 3 aromatic rings. The molecule has 1 heterocycles. The largest absolute Gasteiger partial charge is 0.492 e. The van der Waals surface area contributed by atoms with Crippen LogP contribution >= 0.6 is 11.6 Å². The Balaban J connectivity index is 1.77. The van der Waals surface area contributed by atoms with Gasteiger partial charge >= 0.3 is 0 Å². The molecule has 0 saturated heterocycles. The number of hydrogen-bond donors (Lipinski definition) is 1. The average molecular weight is 370 g/mol. The van der Waals surface area contributed by atoms with Gasteiger partial charge in [0.25, 0.3) is 5.56 Å². The molecule has 0 saturated carbocycles. The van der Waals surface area contributed by atoms with E-state index >= 15 is 0 Å². The Morgan fingerprint density at radius 1 is 1.15 bits per heavy atom. The van der Waals surface area contributed by atoms with Crippen LogP contribution in [0, 0.1) is 0 Å². The Labute approximate surface area is 157 Å². The Morgan fingerprint density at radius 3 is 2.69 bits per heavy atom. The molecule has 3 rings (SSSR count). The molecule has 26 heavy (non-hydrogen) atoms. The molecule has 0 aliphatic heterocycles. The van der Waals surface area contributed by atoms with Crippen molar-refractivity contribution in [1.29, 1.82) is 0 Å². The maximum atomic E-state index is 12.8. The first-order valence-electron chi connectivity index (χ1n) is 8.47. The van der Waals surface area contributed by atoms with Gasteiger partial charge in [0.15, 0.2) is 5.82 Å². The molecule has 5 nitrogen and oxygen atoms in total. The lowest BCUT2D eigenvalue weighted by atomic mass is 10.1. The fourth-order valence-electron chi connectivity index (χ4n) is 2.63. The second-order valence-corrected chi connectivity index (χ2v) is 6.09. The third-order valence-corrected chi connectivity index (χ3v) is 4.14. The summed E-state index contributed by atoms with van der Waals surface area (Å²) >= 11 is 5.89. The Morgan fingerprint density at radius 2 is 1.92 bits per heavy atom. The van der Waals surface area contributed by atoms with Gasteiger partial charge in [-0.3, -0.25) is 9.36 Å². The molecular formula is C20H20ClN3O2. The summed E-state index contributed by atoms with van der Waals surface area (Å²) in [5.74, 6) is 0.975. The summed E-state index contributed by atoms with van der Waals surface area (Å²) in [4.78, 5) is 17.0. The third kappa shape index (κ3) is 4.24. The standard InChI is InChI=1S/C20H20ClN3O2/c1-2-26-18-6-4-3-5-17(18)24-14-13-23-19(20(24)25)22-12-11-15-7-9-16(21)10-8-15/h3-10,13-14H,2,11-12H2,1H3,(H,22,23). The van der Waals surface area contributed by atoms with E-state index in [1.165, 1.54) is 0 Å². The fraction of sp³-hybridized carbons (Fsp3) is 0.200. The van der Waals surface area contributed by atoms with E-state index < -0.39 is 0 Å². The van der Waals surface area contributed by atoms with E-state index in [1.807, 2.05) is 55.5 Å². The second-order valence-electron chi connectivity index (χ2n) is 5.65. The van der Waals surface area contributed by atoms with Crippen LogP contribution in [-0.4, -0.2) is 22.7 Å². The number of para-hydroxylation sites is 2. The lowest BCUT2D eigenvalue weighted by Crippen LogP contribution is -2.24. The number of benzene rings is 2. The molecule has 0 radical (unpaired) electrons. The lowest BCUT2D eigenvalue weighted by Gasteiger charge is -2.13. The predicted octanol–water partition coefficient (Wildman–Crippen LogP) is 3.94. The highest BCUT2D eigenvalue weighted by molar-refractivity contribution is 6.30.